The van der Waals surface area contributed by atoms with Crippen LogP contribution < -0.4 is 15.4 Å². The molecule has 1 rings (SSSR count). The Morgan fingerprint density at radius 3 is 2.25 bits per heavy atom. The molecule has 0 saturated carbocycles. The van der Waals surface area contributed by atoms with Crippen LogP contribution in [0.2, 0.25) is 0 Å². The Hall–Kier alpha value is -2.04. The van der Waals surface area contributed by atoms with E-state index in [0.29, 0.717) is 6.61 Å². The van der Waals surface area contributed by atoms with Crippen molar-refractivity contribution in [3.63, 3.8) is 0 Å². The lowest BCUT2D eigenvalue weighted by Crippen LogP contribution is -2.44. The summed E-state index contributed by atoms with van der Waals surface area (Å²) in [5, 5.41) is 5.41. The Bertz CT molecular complexity index is 457. The summed E-state index contributed by atoms with van der Waals surface area (Å²) in [6, 6.07) is 6.90. The molecule has 5 nitrogen and oxygen atoms in total. The Kier molecular flexibility index (Phi) is 6.03. The second-order valence-electron chi connectivity index (χ2n) is 4.65. The standard InChI is InChI=1S/C15H22N2O3/c1-5-20-14-8-6-13(7-9-14)10(2)17-15(19)11(3)16-12(4)18/h6-11H,5H2,1-4H3,(H,16,18)(H,17,19)/t10-,11+/m0/s1. The van der Waals surface area contributed by atoms with Crippen molar-refractivity contribution in [1.82, 2.24) is 10.6 Å². The van der Waals surface area contributed by atoms with Crippen molar-refractivity contribution in [3.8, 4) is 5.75 Å². The maximum atomic E-state index is 11.9. The highest BCUT2D eigenvalue weighted by molar-refractivity contribution is 5.86. The first-order valence-electron chi connectivity index (χ1n) is 6.74. The summed E-state index contributed by atoms with van der Waals surface area (Å²) < 4.78 is 5.37. The maximum absolute atomic E-state index is 11.9. The Balaban J connectivity index is 2.59. The van der Waals surface area contributed by atoms with Gasteiger partial charge in [-0.3, -0.25) is 9.59 Å². The third-order valence-corrected chi connectivity index (χ3v) is 2.86. The van der Waals surface area contributed by atoms with Gasteiger partial charge in [-0.15, -0.1) is 0 Å². The predicted molar refractivity (Wildman–Crippen MR) is 77.4 cm³/mol. The van der Waals surface area contributed by atoms with Crippen LogP contribution in [0.25, 0.3) is 0 Å². The van der Waals surface area contributed by atoms with Crippen LogP contribution in [-0.4, -0.2) is 24.5 Å². The number of benzene rings is 1. The third kappa shape index (κ3) is 4.91. The molecule has 0 fully saturated rings. The fraction of sp³-hybridized carbons (Fsp3) is 0.467. The molecule has 20 heavy (non-hydrogen) atoms. The number of rotatable bonds is 6. The first kappa shape index (κ1) is 16.0. The van der Waals surface area contributed by atoms with Gasteiger partial charge >= 0.3 is 0 Å². The molecule has 0 bridgehead atoms. The van der Waals surface area contributed by atoms with Gasteiger partial charge in [0.25, 0.3) is 0 Å². The molecule has 110 valence electrons. The number of carbonyl (C=O) groups is 2. The molecule has 0 aromatic heterocycles. The van der Waals surface area contributed by atoms with E-state index in [1.807, 2.05) is 38.1 Å². The SMILES string of the molecule is CCOc1ccc([C@H](C)NC(=O)[C@@H](C)NC(C)=O)cc1. The van der Waals surface area contributed by atoms with Crippen LogP contribution in [0.15, 0.2) is 24.3 Å². The minimum Gasteiger partial charge on any atom is -0.494 e. The van der Waals surface area contributed by atoms with Crippen molar-refractivity contribution < 1.29 is 14.3 Å². The van der Waals surface area contributed by atoms with Gasteiger partial charge in [0.05, 0.1) is 12.6 Å². The van der Waals surface area contributed by atoms with Crippen molar-refractivity contribution in [3.05, 3.63) is 29.8 Å². The van der Waals surface area contributed by atoms with Crippen LogP contribution in [0.4, 0.5) is 0 Å². The summed E-state index contributed by atoms with van der Waals surface area (Å²) in [6.45, 7) is 7.50. The topological polar surface area (TPSA) is 67.4 Å². The fourth-order valence-electron chi connectivity index (χ4n) is 1.81. The van der Waals surface area contributed by atoms with Gasteiger partial charge in [-0.05, 0) is 38.5 Å². The van der Waals surface area contributed by atoms with Crippen molar-refractivity contribution in [1.29, 1.82) is 0 Å². The van der Waals surface area contributed by atoms with Crippen LogP contribution in [-0.2, 0) is 9.59 Å². The maximum Gasteiger partial charge on any atom is 0.242 e. The van der Waals surface area contributed by atoms with Gasteiger partial charge in [0.15, 0.2) is 0 Å². The molecule has 0 heterocycles. The summed E-state index contributed by atoms with van der Waals surface area (Å²) in [5.41, 5.74) is 0.983. The van der Waals surface area contributed by atoms with Crippen molar-refractivity contribution in [2.45, 2.75) is 39.8 Å². The summed E-state index contributed by atoms with van der Waals surface area (Å²) in [7, 11) is 0. The highest BCUT2D eigenvalue weighted by atomic mass is 16.5. The second-order valence-corrected chi connectivity index (χ2v) is 4.65. The van der Waals surface area contributed by atoms with Gasteiger partial charge in [0.1, 0.15) is 11.8 Å². The molecule has 2 amide bonds. The lowest BCUT2D eigenvalue weighted by molar-refractivity contribution is -0.128. The second kappa shape index (κ2) is 7.53. The summed E-state index contributed by atoms with van der Waals surface area (Å²) in [6.07, 6.45) is 0. The smallest absolute Gasteiger partial charge is 0.242 e. The highest BCUT2D eigenvalue weighted by Gasteiger charge is 2.16. The van der Waals surface area contributed by atoms with Gasteiger partial charge < -0.3 is 15.4 Å². The Morgan fingerprint density at radius 1 is 1.15 bits per heavy atom. The van der Waals surface area contributed by atoms with E-state index in [1.165, 1.54) is 6.92 Å². The number of amides is 2. The zero-order chi connectivity index (χ0) is 15.1. The zero-order valence-corrected chi connectivity index (χ0v) is 12.4. The van der Waals surface area contributed by atoms with Gasteiger partial charge in [-0.25, -0.2) is 0 Å². The molecule has 2 N–H and O–H groups in total. The zero-order valence-electron chi connectivity index (χ0n) is 12.4. The minimum absolute atomic E-state index is 0.130. The van der Waals surface area contributed by atoms with Crippen molar-refractivity contribution in [2.24, 2.45) is 0 Å². The number of nitrogens with one attached hydrogen (secondary N) is 2. The predicted octanol–water partition coefficient (Wildman–Crippen LogP) is 1.79. The molecule has 0 aliphatic rings. The van der Waals surface area contributed by atoms with E-state index >= 15 is 0 Å². The first-order chi connectivity index (χ1) is 9.43. The molecular weight excluding hydrogens is 256 g/mol. The monoisotopic (exact) mass is 278 g/mol. The lowest BCUT2D eigenvalue weighted by atomic mass is 10.1. The molecule has 0 aliphatic carbocycles. The van der Waals surface area contributed by atoms with E-state index in [2.05, 4.69) is 10.6 Å². The van der Waals surface area contributed by atoms with Gasteiger partial charge in [0.2, 0.25) is 11.8 Å². The van der Waals surface area contributed by atoms with Crippen LogP contribution in [0.1, 0.15) is 39.3 Å². The molecule has 0 saturated heterocycles. The van der Waals surface area contributed by atoms with Crippen LogP contribution in [0, 0.1) is 0 Å². The largest absolute Gasteiger partial charge is 0.494 e. The van der Waals surface area contributed by atoms with E-state index in [4.69, 9.17) is 4.74 Å². The van der Waals surface area contributed by atoms with E-state index in [0.717, 1.165) is 11.3 Å². The average molecular weight is 278 g/mol. The fourth-order valence-corrected chi connectivity index (χ4v) is 1.81. The molecule has 1 aromatic carbocycles. The van der Waals surface area contributed by atoms with Crippen molar-refractivity contribution in [2.75, 3.05) is 6.61 Å². The van der Waals surface area contributed by atoms with E-state index in [9.17, 15) is 9.59 Å². The average Bonchev–Trinajstić information content (AvgIpc) is 2.39. The normalized spacial score (nSPS) is 13.2. The summed E-state index contributed by atoms with van der Waals surface area (Å²) in [5.74, 6) is 0.379. The molecular formula is C15H22N2O3. The first-order valence-corrected chi connectivity index (χ1v) is 6.74. The van der Waals surface area contributed by atoms with Gasteiger partial charge in [0, 0.05) is 6.92 Å². The molecule has 0 radical (unpaired) electrons. The molecule has 2 atom stereocenters. The van der Waals surface area contributed by atoms with Crippen LogP contribution >= 0.6 is 0 Å². The Morgan fingerprint density at radius 2 is 1.75 bits per heavy atom. The Labute approximate surface area is 119 Å². The molecule has 1 aromatic rings. The lowest BCUT2D eigenvalue weighted by Gasteiger charge is -2.18. The number of carbonyl (C=O) groups excluding carboxylic acids is 2. The summed E-state index contributed by atoms with van der Waals surface area (Å²) >= 11 is 0. The number of ether oxygens (including phenoxy) is 1. The van der Waals surface area contributed by atoms with Crippen LogP contribution in [0.5, 0.6) is 5.75 Å². The molecule has 0 spiro atoms. The van der Waals surface area contributed by atoms with Crippen molar-refractivity contribution >= 4 is 11.8 Å². The molecule has 0 unspecified atom stereocenters. The van der Waals surface area contributed by atoms with Gasteiger partial charge in [-0.2, -0.15) is 0 Å². The van der Waals surface area contributed by atoms with E-state index < -0.39 is 6.04 Å². The quantitative estimate of drug-likeness (QED) is 0.833. The van der Waals surface area contributed by atoms with Crippen LogP contribution in [0.3, 0.4) is 0 Å². The van der Waals surface area contributed by atoms with E-state index in [1.54, 1.807) is 6.92 Å². The summed E-state index contributed by atoms with van der Waals surface area (Å²) in [4.78, 5) is 22.8. The minimum atomic E-state index is -0.544. The highest BCUT2D eigenvalue weighted by Crippen LogP contribution is 2.17. The number of hydrogen-bond acceptors (Lipinski definition) is 3. The molecule has 0 aliphatic heterocycles. The van der Waals surface area contributed by atoms with Gasteiger partial charge in [-0.1, -0.05) is 12.1 Å². The van der Waals surface area contributed by atoms with E-state index in [-0.39, 0.29) is 17.9 Å². The number of hydrogen-bond donors (Lipinski definition) is 2. The molecule has 5 heteroatoms. The third-order valence-electron chi connectivity index (χ3n) is 2.86.